The molecule has 1 aliphatic carbocycles. The van der Waals surface area contributed by atoms with E-state index in [0.29, 0.717) is 19.5 Å². The highest BCUT2D eigenvalue weighted by atomic mass is 32.1. The standard InChI is InChI=1S/C33H49N5O5S/c1-5-24-16-33(24,31(41)36-44)35-29(39)27-15-25-18-38(27)30(40)28(20(2)3)34-21(4)11-8-6-7-9-12-22-13-10-14-23-17-37(19-26(22)23)32(42)43-25/h10,13-14,20-21,24-25,27-28,34,44H,5-9,11-12,15-19H2,1-4H3,(H,35,39)(H,36,41)/t21?,24-,25-,27+,28+,33-/m1/s1. The zero-order valence-corrected chi connectivity index (χ0v) is 27.5. The first-order valence-electron chi connectivity index (χ1n) is 16.5. The van der Waals surface area contributed by atoms with E-state index in [2.05, 4.69) is 53.3 Å². The summed E-state index contributed by atoms with van der Waals surface area (Å²) >= 11 is 3.96. The molecule has 3 N–H and O–H groups in total. The van der Waals surface area contributed by atoms with Gasteiger partial charge in [-0.25, -0.2) is 4.79 Å². The maximum atomic E-state index is 14.2. The molecule has 3 aliphatic heterocycles. The van der Waals surface area contributed by atoms with Gasteiger partial charge in [-0.05, 0) is 61.1 Å². The van der Waals surface area contributed by atoms with Crippen LogP contribution in [0.15, 0.2) is 18.2 Å². The number of rotatable bonds is 5. The van der Waals surface area contributed by atoms with Crippen molar-refractivity contribution >= 4 is 36.6 Å². The number of fused-ring (bicyclic) bond motifs is 3. The molecule has 5 rings (SSSR count). The summed E-state index contributed by atoms with van der Waals surface area (Å²) < 4.78 is 8.41. The summed E-state index contributed by atoms with van der Waals surface area (Å²) in [5, 5.41) is 6.53. The summed E-state index contributed by atoms with van der Waals surface area (Å²) in [6, 6.07) is 5.07. The molecule has 44 heavy (non-hydrogen) atoms. The van der Waals surface area contributed by atoms with E-state index in [9.17, 15) is 19.2 Å². The van der Waals surface area contributed by atoms with Gasteiger partial charge in [0.05, 0.1) is 12.6 Å². The molecule has 11 heteroatoms. The van der Waals surface area contributed by atoms with Crippen molar-refractivity contribution in [2.75, 3.05) is 6.54 Å². The van der Waals surface area contributed by atoms with Crippen LogP contribution in [0.3, 0.4) is 0 Å². The quantitative estimate of drug-likeness (QED) is 0.368. The van der Waals surface area contributed by atoms with Crippen LogP contribution in [-0.2, 0) is 38.6 Å². The van der Waals surface area contributed by atoms with Gasteiger partial charge in [0.2, 0.25) is 11.8 Å². The fourth-order valence-corrected chi connectivity index (χ4v) is 7.60. The lowest BCUT2D eigenvalue weighted by Crippen LogP contribution is -2.58. The Bertz CT molecular complexity index is 1260. The van der Waals surface area contributed by atoms with Crippen LogP contribution in [0.5, 0.6) is 0 Å². The number of nitrogens with one attached hydrogen (secondary N) is 3. The molecule has 1 saturated carbocycles. The summed E-state index contributed by atoms with van der Waals surface area (Å²) in [6.07, 6.45) is 6.71. The molecule has 1 saturated heterocycles. The van der Waals surface area contributed by atoms with Gasteiger partial charge in [0, 0.05) is 25.6 Å². The van der Waals surface area contributed by atoms with Crippen molar-refractivity contribution in [1.82, 2.24) is 25.2 Å². The van der Waals surface area contributed by atoms with Crippen molar-refractivity contribution in [2.45, 2.75) is 128 Å². The Morgan fingerprint density at radius 2 is 1.89 bits per heavy atom. The highest BCUT2D eigenvalue weighted by Crippen LogP contribution is 2.46. The summed E-state index contributed by atoms with van der Waals surface area (Å²) in [5.41, 5.74) is 2.62. The minimum absolute atomic E-state index is 0.00256. The average Bonchev–Trinajstić information content (AvgIpc) is 3.31. The summed E-state index contributed by atoms with van der Waals surface area (Å²) in [5.74, 6) is -0.957. The topological polar surface area (TPSA) is 120 Å². The average molecular weight is 628 g/mol. The SMILES string of the molecule is CC[C@@H]1C[C@]1(NC(=O)[C@@H]1C[C@@H]2CN1C(=O)[C@H](C(C)C)NC(C)CCCCCCc1cccc3c1CN(C3)C(=O)O2)C(=O)NS. The number of amides is 4. The molecule has 242 valence electrons. The van der Waals surface area contributed by atoms with Crippen LogP contribution in [0.4, 0.5) is 4.79 Å². The monoisotopic (exact) mass is 627 g/mol. The molecule has 4 bridgehead atoms. The first-order chi connectivity index (χ1) is 21.1. The minimum Gasteiger partial charge on any atom is -0.444 e. The van der Waals surface area contributed by atoms with Crippen molar-refractivity contribution in [3.63, 3.8) is 0 Å². The Balaban J connectivity index is 1.40. The van der Waals surface area contributed by atoms with Crippen LogP contribution in [0, 0.1) is 11.8 Å². The van der Waals surface area contributed by atoms with Crippen molar-refractivity contribution < 1.29 is 23.9 Å². The van der Waals surface area contributed by atoms with Gasteiger partial charge in [-0.15, -0.1) is 0 Å². The fraction of sp³-hybridized carbons (Fsp3) is 0.697. The van der Waals surface area contributed by atoms with Crippen LogP contribution < -0.4 is 15.4 Å². The summed E-state index contributed by atoms with van der Waals surface area (Å²) in [7, 11) is 0. The Morgan fingerprint density at radius 1 is 1.14 bits per heavy atom. The van der Waals surface area contributed by atoms with Crippen LogP contribution >= 0.6 is 12.8 Å². The number of hydrogen-bond acceptors (Lipinski definition) is 7. The second-order valence-electron chi connectivity index (χ2n) is 13.6. The molecule has 0 spiro atoms. The van der Waals surface area contributed by atoms with Crippen LogP contribution in [0.25, 0.3) is 0 Å². The number of aryl methyl sites for hydroxylation is 1. The summed E-state index contributed by atoms with van der Waals surface area (Å²) in [4.78, 5) is 57.6. The Morgan fingerprint density at radius 3 is 2.59 bits per heavy atom. The normalized spacial score (nSPS) is 31.2. The smallest absolute Gasteiger partial charge is 0.410 e. The number of thiol groups is 1. The highest BCUT2D eigenvalue weighted by molar-refractivity contribution is 7.78. The lowest BCUT2D eigenvalue weighted by molar-refractivity contribution is -0.142. The fourth-order valence-electron chi connectivity index (χ4n) is 7.40. The van der Waals surface area contributed by atoms with E-state index < -0.39 is 35.7 Å². The molecule has 2 fully saturated rings. The molecule has 1 aromatic rings. The molecule has 0 radical (unpaired) electrons. The number of ether oxygens (including phenoxy) is 1. The predicted octanol–water partition coefficient (Wildman–Crippen LogP) is 3.86. The van der Waals surface area contributed by atoms with Crippen molar-refractivity contribution in [3.8, 4) is 0 Å². The maximum absolute atomic E-state index is 14.2. The second kappa shape index (κ2) is 13.7. The maximum Gasteiger partial charge on any atom is 0.410 e. The van der Waals surface area contributed by atoms with Gasteiger partial charge >= 0.3 is 6.09 Å². The lowest BCUT2D eigenvalue weighted by atomic mass is 9.97. The number of carbonyl (C=O) groups excluding carboxylic acids is 4. The van der Waals surface area contributed by atoms with Gasteiger partial charge in [-0.1, -0.05) is 77.5 Å². The first-order valence-corrected chi connectivity index (χ1v) is 16.9. The zero-order chi connectivity index (χ0) is 31.6. The van der Waals surface area contributed by atoms with Gasteiger partial charge in [0.1, 0.15) is 17.7 Å². The molecule has 0 aromatic heterocycles. The molecule has 10 nitrogen and oxygen atoms in total. The Hall–Kier alpha value is -2.79. The third-order valence-electron chi connectivity index (χ3n) is 10.1. The lowest BCUT2D eigenvalue weighted by Gasteiger charge is -2.32. The van der Waals surface area contributed by atoms with Gasteiger partial charge in [0.15, 0.2) is 0 Å². The van der Waals surface area contributed by atoms with E-state index in [1.165, 1.54) is 11.1 Å². The van der Waals surface area contributed by atoms with Crippen molar-refractivity contribution in [3.05, 3.63) is 34.9 Å². The van der Waals surface area contributed by atoms with E-state index in [1.54, 1.807) is 9.80 Å². The minimum atomic E-state index is -1.04. The molecule has 4 amide bonds. The molecular weight excluding hydrogens is 578 g/mol. The number of nitrogens with zero attached hydrogens (tertiary/aromatic N) is 2. The third-order valence-corrected chi connectivity index (χ3v) is 10.3. The molecule has 4 aliphatic rings. The van der Waals surface area contributed by atoms with E-state index >= 15 is 0 Å². The van der Waals surface area contributed by atoms with E-state index in [1.807, 2.05) is 20.8 Å². The van der Waals surface area contributed by atoms with Gasteiger partial charge < -0.3 is 25.0 Å². The third kappa shape index (κ3) is 6.73. The largest absolute Gasteiger partial charge is 0.444 e. The van der Waals surface area contributed by atoms with E-state index in [-0.39, 0.29) is 42.7 Å². The number of benzene rings is 1. The van der Waals surface area contributed by atoms with Gasteiger partial charge in [0.25, 0.3) is 5.91 Å². The van der Waals surface area contributed by atoms with Crippen LogP contribution in [0.1, 0.15) is 95.8 Å². The summed E-state index contributed by atoms with van der Waals surface area (Å²) in [6.45, 7) is 9.20. The zero-order valence-electron chi connectivity index (χ0n) is 26.6. The Labute approximate surface area is 266 Å². The first kappa shape index (κ1) is 32.6. The molecule has 6 atom stereocenters. The predicted molar refractivity (Wildman–Crippen MR) is 170 cm³/mol. The molecule has 1 aromatic carbocycles. The van der Waals surface area contributed by atoms with Crippen molar-refractivity contribution in [1.29, 1.82) is 0 Å². The number of hydrogen-bond donors (Lipinski definition) is 4. The van der Waals surface area contributed by atoms with Gasteiger partial charge in [-0.2, -0.15) is 0 Å². The van der Waals surface area contributed by atoms with Crippen molar-refractivity contribution in [2.24, 2.45) is 11.8 Å². The molecule has 3 heterocycles. The van der Waals surface area contributed by atoms with E-state index in [0.717, 1.165) is 50.5 Å². The number of carbonyl (C=O) groups is 4. The van der Waals surface area contributed by atoms with Gasteiger partial charge in [-0.3, -0.25) is 19.3 Å². The van der Waals surface area contributed by atoms with E-state index in [4.69, 9.17) is 4.74 Å². The van der Waals surface area contributed by atoms with Crippen LogP contribution in [0.2, 0.25) is 0 Å². The molecule has 1 unspecified atom stereocenters. The highest BCUT2D eigenvalue weighted by Gasteiger charge is 2.61. The Kier molecular flexibility index (Phi) is 10.1. The van der Waals surface area contributed by atoms with Crippen LogP contribution in [-0.4, -0.2) is 69.9 Å². The molecular formula is C33H49N5O5S. The second-order valence-corrected chi connectivity index (χ2v) is 13.8.